The van der Waals surface area contributed by atoms with Crippen LogP contribution in [0, 0.1) is 5.92 Å². The molecule has 1 saturated carbocycles. The molecule has 76 valence electrons. The minimum Gasteiger partial charge on any atom is -0.288 e. The van der Waals surface area contributed by atoms with Crippen molar-refractivity contribution in [1.82, 2.24) is 15.0 Å². The van der Waals surface area contributed by atoms with Gasteiger partial charge in [-0.1, -0.05) is 17.0 Å². The standard InChI is InChI=1S/C9H13N3OS/c1-7(13)14-6-8-4-9(5-8)12-3-2-10-11-12/h2-3,8-9H,4-6H2,1H3. The lowest BCUT2D eigenvalue weighted by Gasteiger charge is -2.34. The first kappa shape index (κ1) is 9.71. The van der Waals surface area contributed by atoms with E-state index >= 15 is 0 Å². The summed E-state index contributed by atoms with van der Waals surface area (Å²) in [5.74, 6) is 1.64. The molecule has 1 aliphatic carbocycles. The quantitative estimate of drug-likeness (QED) is 0.760. The second kappa shape index (κ2) is 4.13. The lowest BCUT2D eigenvalue weighted by atomic mass is 9.82. The van der Waals surface area contributed by atoms with E-state index in [1.165, 1.54) is 11.8 Å². The average Bonchev–Trinajstić information content (AvgIpc) is 2.53. The summed E-state index contributed by atoms with van der Waals surface area (Å²) in [5.41, 5.74) is 0. The van der Waals surface area contributed by atoms with E-state index in [4.69, 9.17) is 0 Å². The lowest BCUT2D eigenvalue weighted by Crippen LogP contribution is -2.28. The van der Waals surface area contributed by atoms with Gasteiger partial charge in [0, 0.05) is 18.9 Å². The van der Waals surface area contributed by atoms with Crippen molar-refractivity contribution in [2.45, 2.75) is 25.8 Å². The Morgan fingerprint density at radius 2 is 2.43 bits per heavy atom. The van der Waals surface area contributed by atoms with Crippen molar-refractivity contribution in [2.75, 3.05) is 5.75 Å². The van der Waals surface area contributed by atoms with Crippen LogP contribution in [0.15, 0.2) is 12.4 Å². The Bertz CT molecular complexity index is 306. The van der Waals surface area contributed by atoms with E-state index in [1.807, 2.05) is 10.9 Å². The summed E-state index contributed by atoms with van der Waals surface area (Å²) in [6.07, 6.45) is 5.87. The Kier molecular flexibility index (Phi) is 2.86. The molecular weight excluding hydrogens is 198 g/mol. The number of hydrogen-bond acceptors (Lipinski definition) is 4. The fourth-order valence-corrected chi connectivity index (χ4v) is 2.44. The summed E-state index contributed by atoms with van der Waals surface area (Å²) >= 11 is 1.43. The first-order chi connectivity index (χ1) is 6.75. The van der Waals surface area contributed by atoms with Crippen molar-refractivity contribution in [1.29, 1.82) is 0 Å². The maximum atomic E-state index is 10.7. The van der Waals surface area contributed by atoms with Gasteiger partial charge < -0.3 is 0 Å². The van der Waals surface area contributed by atoms with Gasteiger partial charge in [-0.05, 0) is 18.8 Å². The number of thioether (sulfide) groups is 1. The second-order valence-electron chi connectivity index (χ2n) is 3.68. The average molecular weight is 211 g/mol. The molecule has 4 nitrogen and oxygen atoms in total. The Balaban J connectivity index is 1.72. The predicted octanol–water partition coefficient (Wildman–Crippen LogP) is 1.51. The molecule has 1 aliphatic rings. The maximum Gasteiger partial charge on any atom is 0.185 e. The van der Waals surface area contributed by atoms with Gasteiger partial charge >= 0.3 is 0 Å². The monoisotopic (exact) mass is 211 g/mol. The number of rotatable bonds is 3. The van der Waals surface area contributed by atoms with E-state index in [9.17, 15) is 4.79 Å². The first-order valence-electron chi connectivity index (χ1n) is 4.75. The van der Waals surface area contributed by atoms with Crippen molar-refractivity contribution in [3.8, 4) is 0 Å². The lowest BCUT2D eigenvalue weighted by molar-refractivity contribution is -0.109. The van der Waals surface area contributed by atoms with E-state index in [2.05, 4.69) is 10.3 Å². The molecule has 0 radical (unpaired) electrons. The van der Waals surface area contributed by atoms with E-state index in [-0.39, 0.29) is 5.12 Å². The smallest absolute Gasteiger partial charge is 0.185 e. The molecular formula is C9H13N3OS. The molecule has 0 aliphatic heterocycles. The normalized spacial score (nSPS) is 25.8. The fourth-order valence-electron chi connectivity index (χ4n) is 1.70. The topological polar surface area (TPSA) is 47.8 Å². The number of carbonyl (C=O) groups is 1. The maximum absolute atomic E-state index is 10.7. The van der Waals surface area contributed by atoms with Crippen molar-refractivity contribution in [3.63, 3.8) is 0 Å². The molecule has 0 aromatic carbocycles. The molecule has 14 heavy (non-hydrogen) atoms. The van der Waals surface area contributed by atoms with Crippen molar-refractivity contribution in [2.24, 2.45) is 5.92 Å². The van der Waals surface area contributed by atoms with E-state index in [0.29, 0.717) is 12.0 Å². The van der Waals surface area contributed by atoms with Gasteiger partial charge in [0.05, 0.1) is 12.2 Å². The zero-order valence-corrected chi connectivity index (χ0v) is 8.91. The van der Waals surface area contributed by atoms with Gasteiger partial charge in [0.15, 0.2) is 5.12 Å². The zero-order valence-electron chi connectivity index (χ0n) is 8.09. The van der Waals surface area contributed by atoms with Crippen molar-refractivity contribution >= 4 is 16.9 Å². The Morgan fingerprint density at radius 3 is 3.00 bits per heavy atom. The van der Waals surface area contributed by atoms with Gasteiger partial charge in [-0.15, -0.1) is 5.10 Å². The summed E-state index contributed by atoms with van der Waals surface area (Å²) in [6.45, 7) is 1.62. The highest BCUT2D eigenvalue weighted by atomic mass is 32.2. The van der Waals surface area contributed by atoms with Crippen LogP contribution in [0.25, 0.3) is 0 Å². The van der Waals surface area contributed by atoms with Crippen LogP contribution in [-0.4, -0.2) is 25.9 Å². The highest BCUT2D eigenvalue weighted by Crippen LogP contribution is 2.38. The van der Waals surface area contributed by atoms with Crippen LogP contribution in [-0.2, 0) is 4.79 Å². The molecule has 1 heterocycles. The molecule has 0 bridgehead atoms. The summed E-state index contributed by atoms with van der Waals surface area (Å²) in [7, 11) is 0. The summed E-state index contributed by atoms with van der Waals surface area (Å²) in [6, 6.07) is 0.509. The Morgan fingerprint density at radius 1 is 1.64 bits per heavy atom. The van der Waals surface area contributed by atoms with Gasteiger partial charge in [-0.25, -0.2) is 4.68 Å². The molecule has 2 rings (SSSR count). The molecule has 0 amide bonds. The molecule has 5 heteroatoms. The second-order valence-corrected chi connectivity index (χ2v) is 4.87. The van der Waals surface area contributed by atoms with E-state index in [0.717, 1.165) is 18.6 Å². The van der Waals surface area contributed by atoms with Gasteiger partial charge in [-0.3, -0.25) is 4.79 Å². The van der Waals surface area contributed by atoms with Gasteiger partial charge in [0.1, 0.15) is 0 Å². The van der Waals surface area contributed by atoms with Crippen LogP contribution in [0.3, 0.4) is 0 Å². The van der Waals surface area contributed by atoms with Crippen LogP contribution in [0.2, 0.25) is 0 Å². The van der Waals surface area contributed by atoms with Gasteiger partial charge in [-0.2, -0.15) is 0 Å². The molecule has 1 aromatic heterocycles. The van der Waals surface area contributed by atoms with Crippen LogP contribution < -0.4 is 0 Å². The summed E-state index contributed by atoms with van der Waals surface area (Å²) < 4.78 is 1.91. The number of nitrogens with zero attached hydrogens (tertiary/aromatic N) is 3. The molecule has 0 unspecified atom stereocenters. The molecule has 0 atom stereocenters. The fraction of sp³-hybridized carbons (Fsp3) is 0.667. The van der Waals surface area contributed by atoms with E-state index in [1.54, 1.807) is 13.1 Å². The van der Waals surface area contributed by atoms with Gasteiger partial charge in [0.2, 0.25) is 0 Å². The third kappa shape index (κ3) is 2.15. The largest absolute Gasteiger partial charge is 0.288 e. The SMILES string of the molecule is CC(=O)SCC1CC(n2ccnn2)C1. The molecule has 0 spiro atoms. The van der Waals surface area contributed by atoms with Crippen LogP contribution in [0.4, 0.5) is 0 Å². The number of aromatic nitrogens is 3. The highest BCUT2D eigenvalue weighted by molar-refractivity contribution is 8.13. The number of hydrogen-bond donors (Lipinski definition) is 0. The minimum atomic E-state index is 0.217. The molecule has 1 fully saturated rings. The molecule has 1 aromatic rings. The zero-order chi connectivity index (χ0) is 9.97. The minimum absolute atomic E-state index is 0.217. The summed E-state index contributed by atoms with van der Waals surface area (Å²) in [4.78, 5) is 10.7. The van der Waals surface area contributed by atoms with Crippen LogP contribution >= 0.6 is 11.8 Å². The highest BCUT2D eigenvalue weighted by Gasteiger charge is 2.30. The van der Waals surface area contributed by atoms with Crippen LogP contribution in [0.1, 0.15) is 25.8 Å². The van der Waals surface area contributed by atoms with Crippen molar-refractivity contribution in [3.05, 3.63) is 12.4 Å². The third-order valence-corrected chi connectivity index (χ3v) is 3.59. The van der Waals surface area contributed by atoms with Crippen LogP contribution in [0.5, 0.6) is 0 Å². The van der Waals surface area contributed by atoms with Crippen molar-refractivity contribution < 1.29 is 4.79 Å². The summed E-state index contributed by atoms with van der Waals surface area (Å²) in [5, 5.41) is 7.96. The Labute approximate surface area is 87.1 Å². The molecule has 0 N–H and O–H groups in total. The predicted molar refractivity (Wildman–Crippen MR) is 54.9 cm³/mol. The van der Waals surface area contributed by atoms with E-state index < -0.39 is 0 Å². The first-order valence-corrected chi connectivity index (χ1v) is 5.73. The third-order valence-electron chi connectivity index (χ3n) is 2.55. The van der Waals surface area contributed by atoms with Gasteiger partial charge in [0.25, 0.3) is 0 Å². The number of carbonyl (C=O) groups excluding carboxylic acids is 1. The molecule has 0 saturated heterocycles. The Hall–Kier alpha value is -0.840.